The molecule has 0 bridgehead atoms. The lowest BCUT2D eigenvalue weighted by atomic mass is 10.1. The first-order valence-corrected chi connectivity index (χ1v) is 12.6. The highest BCUT2D eigenvalue weighted by Gasteiger charge is 2.28. The Labute approximate surface area is 213 Å². The normalized spacial score (nSPS) is 11.9. The van der Waals surface area contributed by atoms with E-state index >= 15 is 0 Å². The lowest BCUT2D eigenvalue weighted by Gasteiger charge is -2.32. The van der Waals surface area contributed by atoms with Gasteiger partial charge in [0.25, 0.3) is 5.56 Å². The van der Waals surface area contributed by atoms with Crippen LogP contribution in [0.3, 0.4) is 0 Å². The maximum absolute atomic E-state index is 13.7. The molecule has 1 atom stereocenters. The van der Waals surface area contributed by atoms with Crippen molar-refractivity contribution in [2.45, 2.75) is 39.7 Å². The topological polar surface area (TPSA) is 67.2 Å². The van der Waals surface area contributed by atoms with Crippen LogP contribution in [0.2, 0.25) is 0 Å². The predicted octanol–water partition coefficient (Wildman–Crippen LogP) is 6.85. The van der Waals surface area contributed by atoms with Crippen LogP contribution in [-0.4, -0.2) is 27.0 Å². The number of hydrogen-bond acceptors (Lipinski definition) is 3. The lowest BCUT2D eigenvalue weighted by Crippen LogP contribution is -2.41. The molecule has 0 aliphatic rings. The first kappa shape index (κ1) is 24.7. The summed E-state index contributed by atoms with van der Waals surface area (Å²) in [6, 6.07) is 22.0. The zero-order valence-electron chi connectivity index (χ0n) is 20.2. The first-order valence-electron chi connectivity index (χ1n) is 11.8. The number of benzene rings is 3. The van der Waals surface area contributed by atoms with Crippen molar-refractivity contribution in [2.75, 3.05) is 11.9 Å². The molecule has 0 aliphatic carbocycles. The lowest BCUT2D eigenvalue weighted by molar-refractivity contribution is 0.181. The predicted molar refractivity (Wildman–Crippen MR) is 145 cm³/mol. The Morgan fingerprint density at radius 3 is 2.49 bits per heavy atom. The number of urea groups is 1. The molecule has 0 saturated carbocycles. The molecule has 3 aromatic carbocycles. The quantitative estimate of drug-likeness (QED) is 0.283. The molecule has 0 aliphatic heterocycles. The van der Waals surface area contributed by atoms with Gasteiger partial charge < -0.3 is 10.2 Å². The number of aryl methyl sites for hydroxylation is 1. The zero-order valence-corrected chi connectivity index (χ0v) is 21.7. The Hall–Kier alpha value is -3.45. The molecule has 4 aromatic rings. The molecule has 1 heterocycles. The second-order valence-electron chi connectivity index (χ2n) is 8.52. The highest BCUT2D eigenvalue weighted by molar-refractivity contribution is 9.10. The number of halogens is 1. The average molecular weight is 533 g/mol. The Morgan fingerprint density at radius 1 is 1.06 bits per heavy atom. The molecular weight excluding hydrogens is 504 g/mol. The highest BCUT2D eigenvalue weighted by Crippen LogP contribution is 2.27. The Bertz CT molecular complexity index is 1400. The van der Waals surface area contributed by atoms with E-state index in [2.05, 4.69) is 21.2 Å². The molecular formula is C28H29BrN4O2. The van der Waals surface area contributed by atoms with Crippen LogP contribution < -0.4 is 10.9 Å². The third-order valence-electron chi connectivity index (χ3n) is 5.96. The molecule has 1 N–H and O–H groups in total. The summed E-state index contributed by atoms with van der Waals surface area (Å²) < 4.78 is 2.54. The smallest absolute Gasteiger partial charge is 0.314 e. The minimum atomic E-state index is -0.402. The minimum Gasteiger partial charge on any atom is -0.314 e. The van der Waals surface area contributed by atoms with E-state index in [4.69, 9.17) is 4.98 Å². The Balaban J connectivity index is 1.86. The van der Waals surface area contributed by atoms with Gasteiger partial charge in [-0.05, 0) is 62.2 Å². The van der Waals surface area contributed by atoms with Crippen molar-refractivity contribution in [2.24, 2.45) is 0 Å². The van der Waals surface area contributed by atoms with E-state index in [1.165, 1.54) is 0 Å². The van der Waals surface area contributed by atoms with Crippen LogP contribution in [0.5, 0.6) is 0 Å². The van der Waals surface area contributed by atoms with Crippen LogP contribution >= 0.6 is 15.9 Å². The van der Waals surface area contributed by atoms with Crippen LogP contribution in [-0.2, 0) is 0 Å². The summed E-state index contributed by atoms with van der Waals surface area (Å²) in [4.78, 5) is 34.0. The molecule has 7 heteroatoms. The zero-order chi connectivity index (χ0) is 24.9. The van der Waals surface area contributed by atoms with Crippen molar-refractivity contribution < 1.29 is 4.79 Å². The molecule has 1 unspecified atom stereocenters. The van der Waals surface area contributed by atoms with Gasteiger partial charge in [0.1, 0.15) is 5.82 Å². The summed E-state index contributed by atoms with van der Waals surface area (Å²) in [6.45, 7) is 6.58. The van der Waals surface area contributed by atoms with Crippen molar-refractivity contribution in [3.8, 4) is 5.69 Å². The van der Waals surface area contributed by atoms with Crippen LogP contribution in [0.25, 0.3) is 16.6 Å². The maximum atomic E-state index is 13.7. The van der Waals surface area contributed by atoms with Gasteiger partial charge in [0.15, 0.2) is 0 Å². The van der Waals surface area contributed by atoms with Crippen molar-refractivity contribution in [1.29, 1.82) is 0 Å². The standard InChI is InChI=1S/C28H29BrN4O2/c1-4-17-32(28(35)30-21-10-8-9-20(29)18-21)25(5-2)26-31-24-12-7-6-11-23(24)27(34)33(26)22-15-13-19(3)14-16-22/h6-16,18,25H,4-5,17H2,1-3H3,(H,30,35). The number of fused-ring (bicyclic) bond motifs is 1. The van der Waals surface area contributed by atoms with Crippen molar-refractivity contribution >= 4 is 38.6 Å². The van der Waals surface area contributed by atoms with Gasteiger partial charge in [-0.1, -0.05) is 65.7 Å². The van der Waals surface area contributed by atoms with E-state index in [0.717, 1.165) is 22.1 Å². The van der Waals surface area contributed by atoms with E-state index in [9.17, 15) is 9.59 Å². The molecule has 0 radical (unpaired) electrons. The average Bonchev–Trinajstić information content (AvgIpc) is 2.85. The molecule has 4 rings (SSSR count). The first-order chi connectivity index (χ1) is 16.9. The Kier molecular flexibility index (Phi) is 7.66. The van der Waals surface area contributed by atoms with Gasteiger partial charge in [0.2, 0.25) is 0 Å². The van der Waals surface area contributed by atoms with Gasteiger partial charge in [0.05, 0.1) is 22.6 Å². The Morgan fingerprint density at radius 2 is 1.80 bits per heavy atom. The third-order valence-corrected chi connectivity index (χ3v) is 6.45. The number of carbonyl (C=O) groups excluding carboxylic acids is 1. The number of anilines is 1. The van der Waals surface area contributed by atoms with Crippen molar-refractivity contribution in [3.63, 3.8) is 0 Å². The summed E-state index contributed by atoms with van der Waals surface area (Å²) >= 11 is 3.46. The van der Waals surface area contributed by atoms with E-state index < -0.39 is 6.04 Å². The molecule has 0 spiro atoms. The molecule has 1 aromatic heterocycles. The summed E-state index contributed by atoms with van der Waals surface area (Å²) in [7, 11) is 0. The van der Waals surface area contributed by atoms with Gasteiger partial charge in [-0.2, -0.15) is 0 Å². The fraction of sp³-hybridized carbons (Fsp3) is 0.250. The SMILES string of the molecule is CCCN(C(=O)Nc1cccc(Br)c1)C(CC)c1nc2ccccc2c(=O)n1-c1ccc(C)cc1. The van der Waals surface area contributed by atoms with Gasteiger partial charge in [0, 0.05) is 16.7 Å². The molecule has 35 heavy (non-hydrogen) atoms. The monoisotopic (exact) mass is 532 g/mol. The minimum absolute atomic E-state index is 0.142. The number of nitrogens with zero attached hydrogens (tertiary/aromatic N) is 3. The van der Waals surface area contributed by atoms with Crippen LogP contribution in [0.1, 0.15) is 44.1 Å². The number of hydrogen-bond donors (Lipinski definition) is 1. The fourth-order valence-electron chi connectivity index (χ4n) is 4.26. The largest absolute Gasteiger partial charge is 0.322 e. The number of nitrogens with one attached hydrogen (secondary N) is 1. The van der Waals surface area contributed by atoms with Gasteiger partial charge in [-0.25, -0.2) is 9.78 Å². The molecule has 6 nitrogen and oxygen atoms in total. The van der Waals surface area contributed by atoms with E-state index in [0.29, 0.717) is 35.4 Å². The van der Waals surface area contributed by atoms with Crippen LogP contribution in [0.15, 0.2) is 82.1 Å². The van der Waals surface area contributed by atoms with Gasteiger partial charge >= 0.3 is 6.03 Å². The van der Waals surface area contributed by atoms with Crippen LogP contribution in [0, 0.1) is 6.92 Å². The molecule has 180 valence electrons. The molecule has 2 amide bonds. The number of aromatic nitrogens is 2. The highest BCUT2D eigenvalue weighted by atomic mass is 79.9. The third kappa shape index (κ3) is 5.30. The summed E-state index contributed by atoms with van der Waals surface area (Å²) in [5.41, 5.74) is 3.01. The summed E-state index contributed by atoms with van der Waals surface area (Å²) in [5.74, 6) is 0.554. The number of carbonyl (C=O) groups is 1. The number of amides is 2. The van der Waals surface area contributed by atoms with Crippen molar-refractivity contribution in [3.05, 3.63) is 99.0 Å². The maximum Gasteiger partial charge on any atom is 0.322 e. The van der Waals surface area contributed by atoms with E-state index in [1.54, 1.807) is 15.5 Å². The van der Waals surface area contributed by atoms with Crippen LogP contribution in [0.4, 0.5) is 10.5 Å². The van der Waals surface area contributed by atoms with Gasteiger partial charge in [-0.15, -0.1) is 0 Å². The second-order valence-corrected chi connectivity index (χ2v) is 9.44. The molecule has 0 fully saturated rings. The number of rotatable bonds is 7. The molecule has 0 saturated heterocycles. The number of para-hydroxylation sites is 1. The van der Waals surface area contributed by atoms with Crippen molar-refractivity contribution in [1.82, 2.24) is 14.5 Å². The van der Waals surface area contributed by atoms with Gasteiger partial charge in [-0.3, -0.25) is 9.36 Å². The van der Waals surface area contributed by atoms with E-state index in [-0.39, 0.29) is 11.6 Å². The van der Waals surface area contributed by atoms with E-state index in [1.807, 2.05) is 87.5 Å². The fourth-order valence-corrected chi connectivity index (χ4v) is 4.66. The summed E-state index contributed by atoms with van der Waals surface area (Å²) in [6.07, 6.45) is 1.37. The second kappa shape index (κ2) is 10.9. The summed E-state index contributed by atoms with van der Waals surface area (Å²) in [5, 5.41) is 3.56.